The maximum absolute atomic E-state index is 4.59. The molecule has 3 nitrogen and oxygen atoms in total. The Balaban J connectivity index is 2.31. The molecule has 0 aliphatic rings. The van der Waals surface area contributed by atoms with E-state index in [1.165, 1.54) is 5.56 Å². The smallest absolute Gasteiger partial charge is 0.142 e. The van der Waals surface area contributed by atoms with Crippen LogP contribution in [-0.4, -0.2) is 17.0 Å². The Bertz CT molecular complexity index is 479. The van der Waals surface area contributed by atoms with Crippen molar-refractivity contribution >= 4 is 11.3 Å². The molecule has 0 aliphatic heterocycles. The minimum absolute atomic E-state index is 0.287. The van der Waals surface area contributed by atoms with E-state index in [2.05, 4.69) is 40.6 Å². The Morgan fingerprint density at radius 1 is 1.44 bits per heavy atom. The van der Waals surface area contributed by atoms with Crippen LogP contribution in [0.15, 0.2) is 23.7 Å². The molecule has 0 aromatic carbocycles. The van der Waals surface area contributed by atoms with Gasteiger partial charge in [-0.1, -0.05) is 0 Å². The third kappa shape index (κ3) is 2.28. The van der Waals surface area contributed by atoms with Crippen molar-refractivity contribution in [3.63, 3.8) is 0 Å². The van der Waals surface area contributed by atoms with Crippen molar-refractivity contribution in [3.05, 3.63) is 35.0 Å². The fourth-order valence-electron chi connectivity index (χ4n) is 1.40. The zero-order chi connectivity index (χ0) is 11.5. The second-order valence-electron chi connectivity index (χ2n) is 3.81. The van der Waals surface area contributed by atoms with Crippen LogP contribution in [-0.2, 0) is 0 Å². The van der Waals surface area contributed by atoms with Crippen LogP contribution in [0.2, 0.25) is 0 Å². The summed E-state index contributed by atoms with van der Waals surface area (Å²) in [6.45, 7) is 4.17. The van der Waals surface area contributed by atoms with E-state index < -0.39 is 0 Å². The molecule has 0 saturated carbocycles. The third-order valence-electron chi connectivity index (χ3n) is 2.53. The highest BCUT2D eigenvalue weighted by molar-refractivity contribution is 7.13. The molecule has 1 N–H and O–H groups in total. The summed E-state index contributed by atoms with van der Waals surface area (Å²) in [7, 11) is 1.94. The van der Waals surface area contributed by atoms with Crippen LogP contribution in [0.5, 0.6) is 0 Å². The first-order chi connectivity index (χ1) is 7.70. The van der Waals surface area contributed by atoms with E-state index in [0.717, 1.165) is 16.4 Å². The number of nitrogens with zero attached hydrogens (tertiary/aromatic N) is 2. The maximum Gasteiger partial charge on any atom is 0.142 e. The van der Waals surface area contributed by atoms with Crippen LogP contribution in [0, 0.1) is 6.92 Å². The summed E-state index contributed by atoms with van der Waals surface area (Å²) in [4.78, 5) is 8.92. The van der Waals surface area contributed by atoms with E-state index in [9.17, 15) is 0 Å². The van der Waals surface area contributed by atoms with Crippen LogP contribution >= 0.6 is 11.3 Å². The molecule has 84 valence electrons. The fourth-order valence-corrected chi connectivity index (χ4v) is 2.28. The molecule has 0 saturated heterocycles. The average molecular weight is 233 g/mol. The largest absolute Gasteiger partial charge is 0.312 e. The fraction of sp³-hybridized carbons (Fsp3) is 0.333. The molecule has 0 aliphatic carbocycles. The number of hydrogen-bond donors (Lipinski definition) is 1. The first-order valence-electron chi connectivity index (χ1n) is 5.26. The summed E-state index contributed by atoms with van der Waals surface area (Å²) >= 11 is 1.64. The number of rotatable bonds is 3. The minimum atomic E-state index is 0.287. The molecule has 4 heteroatoms. The maximum atomic E-state index is 4.59. The number of hydrogen-bond acceptors (Lipinski definition) is 4. The van der Waals surface area contributed by atoms with Gasteiger partial charge in [0.15, 0.2) is 0 Å². The first-order valence-corrected chi connectivity index (χ1v) is 6.14. The van der Waals surface area contributed by atoms with Crippen molar-refractivity contribution in [2.45, 2.75) is 19.9 Å². The molecular weight excluding hydrogens is 218 g/mol. The molecule has 2 aromatic heterocycles. The van der Waals surface area contributed by atoms with Crippen LogP contribution in [0.1, 0.15) is 24.2 Å². The van der Waals surface area contributed by atoms with E-state index in [1.54, 1.807) is 11.3 Å². The van der Waals surface area contributed by atoms with Gasteiger partial charge in [-0.2, -0.15) is 0 Å². The summed E-state index contributed by atoms with van der Waals surface area (Å²) in [5.74, 6) is 0. The summed E-state index contributed by atoms with van der Waals surface area (Å²) in [5.41, 5.74) is 3.24. The van der Waals surface area contributed by atoms with Crippen molar-refractivity contribution in [1.82, 2.24) is 15.3 Å². The van der Waals surface area contributed by atoms with E-state index in [4.69, 9.17) is 0 Å². The van der Waals surface area contributed by atoms with Crippen molar-refractivity contribution < 1.29 is 0 Å². The molecule has 2 heterocycles. The van der Waals surface area contributed by atoms with Gasteiger partial charge in [-0.05, 0) is 38.6 Å². The van der Waals surface area contributed by atoms with Crippen molar-refractivity contribution in [2.24, 2.45) is 0 Å². The Labute approximate surface area is 99.6 Å². The second-order valence-corrected chi connectivity index (χ2v) is 4.66. The molecule has 16 heavy (non-hydrogen) atoms. The molecule has 2 rings (SSSR count). The molecule has 0 spiro atoms. The van der Waals surface area contributed by atoms with Gasteiger partial charge in [-0.3, -0.25) is 4.98 Å². The molecule has 0 fully saturated rings. The lowest BCUT2D eigenvalue weighted by Gasteiger charge is -2.04. The number of nitrogens with one attached hydrogen (secondary N) is 1. The summed E-state index contributed by atoms with van der Waals surface area (Å²) in [6, 6.07) is 4.34. The quantitative estimate of drug-likeness (QED) is 0.885. The average Bonchev–Trinajstić information content (AvgIpc) is 2.77. The van der Waals surface area contributed by atoms with E-state index in [-0.39, 0.29) is 6.04 Å². The topological polar surface area (TPSA) is 37.8 Å². The zero-order valence-corrected chi connectivity index (χ0v) is 10.5. The second kappa shape index (κ2) is 4.72. The summed E-state index contributed by atoms with van der Waals surface area (Å²) in [5, 5.41) is 6.25. The number of aryl methyl sites for hydroxylation is 1. The van der Waals surface area contributed by atoms with Crippen LogP contribution < -0.4 is 5.32 Å². The highest BCUT2D eigenvalue weighted by Crippen LogP contribution is 2.24. The third-order valence-corrected chi connectivity index (χ3v) is 3.42. The molecule has 0 radical (unpaired) electrons. The number of aromatic nitrogens is 2. The van der Waals surface area contributed by atoms with Gasteiger partial charge in [0.25, 0.3) is 0 Å². The monoisotopic (exact) mass is 233 g/mol. The minimum Gasteiger partial charge on any atom is -0.312 e. The Kier molecular flexibility index (Phi) is 3.31. The highest BCUT2D eigenvalue weighted by atomic mass is 32.1. The summed E-state index contributed by atoms with van der Waals surface area (Å²) in [6.07, 6.45) is 1.83. The van der Waals surface area contributed by atoms with E-state index in [1.807, 2.05) is 19.3 Å². The lowest BCUT2D eigenvalue weighted by atomic mass is 10.2. The van der Waals surface area contributed by atoms with Gasteiger partial charge in [0.2, 0.25) is 0 Å². The van der Waals surface area contributed by atoms with E-state index >= 15 is 0 Å². The van der Waals surface area contributed by atoms with E-state index in [0.29, 0.717) is 0 Å². The predicted octanol–water partition coefficient (Wildman–Crippen LogP) is 2.79. The Morgan fingerprint density at radius 3 is 2.94 bits per heavy atom. The van der Waals surface area contributed by atoms with Crippen LogP contribution in [0.25, 0.3) is 10.7 Å². The highest BCUT2D eigenvalue weighted by Gasteiger charge is 2.09. The number of thiazole rings is 1. The van der Waals surface area contributed by atoms with Crippen molar-refractivity contribution in [1.29, 1.82) is 0 Å². The van der Waals surface area contributed by atoms with Gasteiger partial charge in [-0.25, -0.2) is 4.98 Å². The SMILES string of the molecule is CNC(C)c1csc(-c2cc(C)ccn2)n1. The van der Waals surface area contributed by atoms with Crippen molar-refractivity contribution in [3.8, 4) is 10.7 Å². The number of pyridine rings is 1. The molecule has 0 amide bonds. The summed E-state index contributed by atoms with van der Waals surface area (Å²) < 4.78 is 0. The van der Waals surface area contributed by atoms with Crippen molar-refractivity contribution in [2.75, 3.05) is 7.05 Å². The van der Waals surface area contributed by atoms with Gasteiger partial charge >= 0.3 is 0 Å². The lowest BCUT2D eigenvalue weighted by Crippen LogP contribution is -2.12. The Hall–Kier alpha value is -1.26. The van der Waals surface area contributed by atoms with Gasteiger partial charge in [0, 0.05) is 17.6 Å². The van der Waals surface area contributed by atoms with Gasteiger partial charge in [0.05, 0.1) is 11.4 Å². The van der Waals surface area contributed by atoms with Gasteiger partial charge in [0.1, 0.15) is 5.01 Å². The standard InChI is InChI=1S/C12H15N3S/c1-8-4-5-14-10(6-8)12-15-11(7-16-12)9(2)13-3/h4-7,9,13H,1-3H3. The molecule has 2 aromatic rings. The molecular formula is C12H15N3S. The first kappa shape index (κ1) is 11.2. The zero-order valence-electron chi connectivity index (χ0n) is 9.69. The Morgan fingerprint density at radius 2 is 2.25 bits per heavy atom. The lowest BCUT2D eigenvalue weighted by molar-refractivity contribution is 0.637. The van der Waals surface area contributed by atoms with Gasteiger partial charge in [-0.15, -0.1) is 11.3 Å². The van der Waals surface area contributed by atoms with Crippen LogP contribution in [0.4, 0.5) is 0 Å². The molecule has 1 atom stereocenters. The normalized spacial score (nSPS) is 12.7. The van der Waals surface area contributed by atoms with Gasteiger partial charge < -0.3 is 5.32 Å². The predicted molar refractivity (Wildman–Crippen MR) is 67.6 cm³/mol. The van der Waals surface area contributed by atoms with Crippen LogP contribution in [0.3, 0.4) is 0 Å². The molecule has 0 bridgehead atoms. The molecule has 1 unspecified atom stereocenters.